The Morgan fingerprint density at radius 1 is 1.47 bits per heavy atom. The highest BCUT2D eigenvalue weighted by molar-refractivity contribution is 9.10. The number of methoxy groups -OCH3 is 1. The lowest BCUT2D eigenvalue weighted by molar-refractivity contribution is -0.152. The Kier molecular flexibility index (Phi) is 3.69. The van der Waals surface area contributed by atoms with Gasteiger partial charge in [-0.15, -0.1) is 0 Å². The van der Waals surface area contributed by atoms with E-state index >= 15 is 0 Å². The van der Waals surface area contributed by atoms with E-state index in [9.17, 15) is 4.79 Å². The molecule has 2 aromatic rings. The summed E-state index contributed by atoms with van der Waals surface area (Å²) in [5, 5.41) is 1.01. The molecule has 5 heteroatoms. The van der Waals surface area contributed by atoms with Crippen LogP contribution in [0, 0.1) is 5.41 Å². The normalized spacial score (nSPS) is 13.5. The van der Waals surface area contributed by atoms with Crippen LogP contribution < -0.4 is 5.73 Å². The number of H-pyrrole nitrogens is 1. The molecule has 0 saturated carbocycles. The molecule has 0 bridgehead atoms. The maximum Gasteiger partial charge on any atom is 0.313 e. The maximum atomic E-state index is 11.9. The second-order valence-corrected chi connectivity index (χ2v) is 6.04. The molecule has 1 atom stereocenters. The lowest BCUT2D eigenvalue weighted by Gasteiger charge is -2.28. The van der Waals surface area contributed by atoms with Gasteiger partial charge in [-0.2, -0.15) is 0 Å². The number of fused-ring (bicyclic) bond motifs is 1. The van der Waals surface area contributed by atoms with Crippen LogP contribution in [0.1, 0.15) is 25.5 Å². The monoisotopic (exact) mass is 324 g/mol. The molecule has 0 fully saturated rings. The van der Waals surface area contributed by atoms with E-state index in [2.05, 4.69) is 20.9 Å². The van der Waals surface area contributed by atoms with Crippen molar-refractivity contribution in [3.05, 3.63) is 34.4 Å². The van der Waals surface area contributed by atoms with Gasteiger partial charge in [0.05, 0.1) is 12.5 Å². The van der Waals surface area contributed by atoms with Gasteiger partial charge in [-0.05, 0) is 37.6 Å². The van der Waals surface area contributed by atoms with Crippen LogP contribution in [0.3, 0.4) is 0 Å². The van der Waals surface area contributed by atoms with Crippen LogP contribution in [-0.2, 0) is 9.53 Å². The predicted molar refractivity (Wildman–Crippen MR) is 78.7 cm³/mol. The Balaban J connectivity index is 2.49. The molecule has 0 unspecified atom stereocenters. The van der Waals surface area contributed by atoms with Gasteiger partial charge in [0.15, 0.2) is 0 Å². The largest absolute Gasteiger partial charge is 0.469 e. The number of hydrogen-bond donors (Lipinski definition) is 2. The zero-order chi connectivity index (χ0) is 14.2. The highest BCUT2D eigenvalue weighted by Crippen LogP contribution is 2.36. The molecule has 19 heavy (non-hydrogen) atoms. The molecule has 1 heterocycles. The van der Waals surface area contributed by atoms with E-state index in [1.165, 1.54) is 7.11 Å². The number of nitrogens with one attached hydrogen (secondary N) is 1. The molecule has 4 nitrogen and oxygen atoms in total. The van der Waals surface area contributed by atoms with Gasteiger partial charge in [0.2, 0.25) is 0 Å². The van der Waals surface area contributed by atoms with Crippen LogP contribution in [0.15, 0.2) is 28.9 Å². The van der Waals surface area contributed by atoms with E-state index in [1.807, 2.05) is 24.4 Å². The fourth-order valence-corrected chi connectivity index (χ4v) is 2.51. The summed E-state index contributed by atoms with van der Waals surface area (Å²) in [5.41, 5.74) is 7.39. The van der Waals surface area contributed by atoms with Crippen molar-refractivity contribution in [2.45, 2.75) is 19.9 Å². The summed E-state index contributed by atoms with van der Waals surface area (Å²) in [6, 6.07) is 5.48. The third-order valence-electron chi connectivity index (χ3n) is 3.50. The van der Waals surface area contributed by atoms with Gasteiger partial charge in [-0.25, -0.2) is 0 Å². The average molecular weight is 325 g/mol. The first-order valence-electron chi connectivity index (χ1n) is 5.98. The van der Waals surface area contributed by atoms with Crippen LogP contribution >= 0.6 is 15.9 Å². The number of aromatic nitrogens is 1. The second-order valence-electron chi connectivity index (χ2n) is 5.12. The third kappa shape index (κ3) is 2.40. The minimum Gasteiger partial charge on any atom is -0.469 e. The summed E-state index contributed by atoms with van der Waals surface area (Å²) in [4.78, 5) is 15.0. The predicted octanol–water partition coefficient (Wildman–Crippen LogP) is 3.13. The van der Waals surface area contributed by atoms with Crippen LogP contribution in [0.25, 0.3) is 10.9 Å². The van der Waals surface area contributed by atoms with Gasteiger partial charge in [0, 0.05) is 27.6 Å². The standard InChI is InChI=1S/C14H17BrN2O2/c1-14(2,13(18)19-3)12(16)10-7-17-11-5-4-8(15)6-9(10)11/h4-7,12,17H,16H2,1-3H3/t12-/m1/s1. The molecule has 0 aliphatic rings. The number of ether oxygens (including phenoxy) is 1. The van der Waals surface area contributed by atoms with Gasteiger partial charge in [-0.3, -0.25) is 4.79 Å². The van der Waals surface area contributed by atoms with E-state index in [0.29, 0.717) is 0 Å². The third-order valence-corrected chi connectivity index (χ3v) is 3.99. The van der Waals surface area contributed by atoms with E-state index in [-0.39, 0.29) is 5.97 Å². The molecule has 102 valence electrons. The van der Waals surface area contributed by atoms with Gasteiger partial charge >= 0.3 is 5.97 Å². The van der Waals surface area contributed by atoms with E-state index in [4.69, 9.17) is 10.5 Å². The van der Waals surface area contributed by atoms with Gasteiger partial charge < -0.3 is 15.5 Å². The molecule has 0 radical (unpaired) electrons. The van der Waals surface area contributed by atoms with Crippen molar-refractivity contribution in [2.24, 2.45) is 11.1 Å². The minimum atomic E-state index is -0.786. The fraction of sp³-hybridized carbons (Fsp3) is 0.357. The number of carbonyl (C=O) groups excluding carboxylic acids is 1. The van der Waals surface area contributed by atoms with Crippen LogP contribution in [0.4, 0.5) is 0 Å². The van der Waals surface area contributed by atoms with Gasteiger partial charge in [0.25, 0.3) is 0 Å². The molecule has 0 amide bonds. The van der Waals surface area contributed by atoms with Crippen molar-refractivity contribution in [3.8, 4) is 0 Å². The van der Waals surface area contributed by atoms with E-state index in [0.717, 1.165) is 20.9 Å². The molecular formula is C14H17BrN2O2. The highest BCUT2D eigenvalue weighted by atomic mass is 79.9. The first-order chi connectivity index (χ1) is 8.87. The zero-order valence-electron chi connectivity index (χ0n) is 11.2. The Morgan fingerprint density at radius 2 is 2.16 bits per heavy atom. The quantitative estimate of drug-likeness (QED) is 0.852. The summed E-state index contributed by atoms with van der Waals surface area (Å²) >= 11 is 3.45. The van der Waals surface area contributed by atoms with Crippen molar-refractivity contribution in [2.75, 3.05) is 7.11 Å². The minimum absolute atomic E-state index is 0.315. The van der Waals surface area contributed by atoms with Crippen LogP contribution in [0.2, 0.25) is 0 Å². The lowest BCUT2D eigenvalue weighted by Crippen LogP contribution is -2.37. The van der Waals surface area contributed by atoms with Crippen LogP contribution in [-0.4, -0.2) is 18.1 Å². The average Bonchev–Trinajstić information content (AvgIpc) is 2.79. The van der Waals surface area contributed by atoms with Gasteiger partial charge in [0.1, 0.15) is 0 Å². The molecule has 1 aromatic heterocycles. The number of carbonyl (C=O) groups is 1. The molecule has 0 aliphatic heterocycles. The molecule has 0 spiro atoms. The van der Waals surface area contributed by atoms with Crippen molar-refractivity contribution in [1.29, 1.82) is 0 Å². The molecule has 2 rings (SSSR count). The topological polar surface area (TPSA) is 68.1 Å². The van der Waals surface area contributed by atoms with Crippen molar-refractivity contribution >= 4 is 32.8 Å². The number of nitrogens with two attached hydrogens (primary N) is 1. The number of halogens is 1. The molecular weight excluding hydrogens is 308 g/mol. The highest BCUT2D eigenvalue weighted by Gasteiger charge is 2.37. The number of benzene rings is 1. The Morgan fingerprint density at radius 3 is 2.79 bits per heavy atom. The van der Waals surface area contributed by atoms with E-state index in [1.54, 1.807) is 13.8 Å². The summed E-state index contributed by atoms with van der Waals surface area (Å²) in [7, 11) is 1.38. The Bertz CT molecular complexity index is 619. The number of aromatic amines is 1. The lowest BCUT2D eigenvalue weighted by atomic mass is 9.81. The fourth-order valence-electron chi connectivity index (χ4n) is 2.15. The van der Waals surface area contributed by atoms with Gasteiger partial charge in [-0.1, -0.05) is 15.9 Å². The summed E-state index contributed by atoms with van der Waals surface area (Å²) < 4.78 is 5.81. The second kappa shape index (κ2) is 4.98. The van der Waals surface area contributed by atoms with Crippen molar-refractivity contribution in [3.63, 3.8) is 0 Å². The summed E-state index contributed by atoms with van der Waals surface area (Å²) in [6.07, 6.45) is 1.85. The zero-order valence-corrected chi connectivity index (χ0v) is 12.7. The first-order valence-corrected chi connectivity index (χ1v) is 6.77. The van der Waals surface area contributed by atoms with Crippen molar-refractivity contribution < 1.29 is 9.53 Å². The number of esters is 1. The Hall–Kier alpha value is -1.33. The molecule has 0 saturated heterocycles. The van der Waals surface area contributed by atoms with E-state index < -0.39 is 11.5 Å². The summed E-state index contributed by atoms with van der Waals surface area (Å²) in [5.74, 6) is -0.315. The molecule has 3 N–H and O–H groups in total. The number of rotatable bonds is 3. The molecule has 1 aromatic carbocycles. The SMILES string of the molecule is COC(=O)C(C)(C)[C@H](N)c1c[nH]c2ccc(Br)cc12. The van der Waals surface area contributed by atoms with Crippen LogP contribution in [0.5, 0.6) is 0 Å². The first kappa shape index (κ1) is 14.1. The summed E-state index contributed by atoms with van der Waals surface area (Å²) in [6.45, 7) is 3.58. The van der Waals surface area contributed by atoms with Crippen molar-refractivity contribution in [1.82, 2.24) is 4.98 Å². The maximum absolute atomic E-state index is 11.9. The molecule has 0 aliphatic carbocycles. The smallest absolute Gasteiger partial charge is 0.313 e. The Labute approximate surface area is 120 Å². The number of hydrogen-bond acceptors (Lipinski definition) is 3.